The summed E-state index contributed by atoms with van der Waals surface area (Å²) >= 11 is 11.1. The van der Waals surface area contributed by atoms with Gasteiger partial charge in [0.2, 0.25) is 0 Å². The number of unbranched alkanes of at least 4 members (excludes halogenated alkanes) is 5. The quantitative estimate of drug-likeness (QED) is 0.0314. The van der Waals surface area contributed by atoms with Crippen molar-refractivity contribution in [3.63, 3.8) is 0 Å². The van der Waals surface area contributed by atoms with Crippen LogP contribution in [0.3, 0.4) is 0 Å². The van der Waals surface area contributed by atoms with E-state index in [1.165, 1.54) is 44.9 Å². The fourth-order valence-corrected chi connectivity index (χ4v) is 3.36. The first kappa shape index (κ1) is 58.5. The van der Waals surface area contributed by atoms with E-state index in [0.29, 0.717) is 32.9 Å². The summed E-state index contributed by atoms with van der Waals surface area (Å²) in [6.07, 6.45) is 27.4. The molecule has 0 aromatic carbocycles. The zero-order valence-corrected chi connectivity index (χ0v) is 33.9. The SMILES string of the molecule is C1CCOC1.COCOCC/C=C\CCCCCCCCl.COCOCC/C=C\CCCl.[CH2-]C/C=C\CCOCOC.[Cl-].[H-].[H-].[Mg+2].[Mg+2]. The fourth-order valence-electron chi connectivity index (χ4n) is 3.05. The van der Waals surface area contributed by atoms with Gasteiger partial charge in [-0.3, -0.25) is 0 Å². The fraction of sp³-hybridized carbons (Fsp3) is 0.788. The number of halogens is 3. The van der Waals surface area contributed by atoms with E-state index in [0.717, 1.165) is 70.8 Å². The maximum atomic E-state index is 5.60. The molecule has 0 spiro atoms. The van der Waals surface area contributed by atoms with Gasteiger partial charge >= 0.3 is 46.1 Å². The van der Waals surface area contributed by atoms with Gasteiger partial charge < -0.3 is 55.3 Å². The molecule has 1 saturated heterocycles. The summed E-state index contributed by atoms with van der Waals surface area (Å²) in [7, 11) is 4.87. The summed E-state index contributed by atoms with van der Waals surface area (Å²) in [6, 6.07) is 0. The van der Waals surface area contributed by atoms with Crippen LogP contribution in [0.4, 0.5) is 0 Å². The first-order chi connectivity index (χ1) is 20.7. The number of allylic oxidation sites excluding steroid dienone is 3. The maximum absolute atomic E-state index is 5.60. The minimum Gasteiger partial charge on any atom is -1.00 e. The first-order valence-electron chi connectivity index (χ1n) is 15.4. The van der Waals surface area contributed by atoms with Gasteiger partial charge in [-0.1, -0.05) is 49.6 Å². The smallest absolute Gasteiger partial charge is 1.00 e. The van der Waals surface area contributed by atoms with Crippen molar-refractivity contribution in [2.45, 2.75) is 83.5 Å². The van der Waals surface area contributed by atoms with E-state index >= 15 is 0 Å². The molecule has 0 amide bonds. The van der Waals surface area contributed by atoms with Crippen LogP contribution < -0.4 is 12.4 Å². The number of hydrogen-bond acceptors (Lipinski definition) is 7. The van der Waals surface area contributed by atoms with Crippen molar-refractivity contribution in [3.05, 3.63) is 43.4 Å². The van der Waals surface area contributed by atoms with Crippen molar-refractivity contribution in [2.75, 3.05) is 86.5 Å². The van der Waals surface area contributed by atoms with Crippen molar-refractivity contribution in [1.29, 1.82) is 0 Å². The van der Waals surface area contributed by atoms with E-state index < -0.39 is 0 Å². The molecule has 0 saturated carbocycles. The third-order valence-corrected chi connectivity index (χ3v) is 5.65. The van der Waals surface area contributed by atoms with Crippen LogP contribution in [0.25, 0.3) is 0 Å². The van der Waals surface area contributed by atoms with Crippen molar-refractivity contribution in [1.82, 2.24) is 0 Å². The Morgan fingerprint density at radius 3 is 1.36 bits per heavy atom. The molecule has 0 bridgehead atoms. The minimum atomic E-state index is 0. The molecule has 12 heteroatoms. The maximum Gasteiger partial charge on any atom is 2.00 e. The zero-order chi connectivity index (χ0) is 31.5. The Hall–Kier alpha value is 1.34. The van der Waals surface area contributed by atoms with Crippen molar-refractivity contribution < 1.29 is 48.4 Å². The van der Waals surface area contributed by atoms with Crippen LogP contribution in [-0.2, 0) is 33.2 Å². The Labute approximate surface area is 328 Å². The molecule has 264 valence electrons. The standard InChI is InChI=1S/C13H25ClO2.C8H15ClO2.C8H15O2.C4H8O.ClH.2Mg.2H/c1-15-13-16-12-10-8-6-4-2-3-5-7-9-11-14;1-10-8-11-7-5-3-2-4-6-9;1-3-4-5-6-7-10-8-9-2;1-2-4-5-3-1;;;;;/h6,8H,2-5,7,9-13H2,1H3;2-3H,4-8H2,1H3;4-5H,1,3,6-8H2,2H3;1-4H2;1H;;;;/q;;-1;;;2*+2;2*-1/p-1/b8-6-;3-2-;5-4-;;;;;;. The predicted molar refractivity (Wildman–Crippen MR) is 192 cm³/mol. The largest absolute Gasteiger partial charge is 2.00 e. The Bertz CT molecular complexity index is 537. The van der Waals surface area contributed by atoms with Crippen LogP contribution in [0.2, 0.25) is 0 Å². The van der Waals surface area contributed by atoms with Gasteiger partial charge in [0.15, 0.2) is 0 Å². The molecule has 1 rings (SSSR count). The number of alkyl halides is 2. The number of hydrogen-bond donors (Lipinski definition) is 0. The van der Waals surface area contributed by atoms with E-state index in [2.05, 4.69) is 42.0 Å². The van der Waals surface area contributed by atoms with Crippen LogP contribution in [0.5, 0.6) is 0 Å². The second-order valence-electron chi connectivity index (χ2n) is 9.06. The molecule has 0 atom stereocenters. The van der Waals surface area contributed by atoms with E-state index in [1.807, 2.05) is 6.08 Å². The molecule has 1 fully saturated rings. The number of methoxy groups -OCH3 is 3. The molecule has 0 aromatic heterocycles. The first-order valence-corrected chi connectivity index (χ1v) is 16.5. The normalized spacial score (nSPS) is 11.9. The Morgan fingerprint density at radius 2 is 0.978 bits per heavy atom. The molecule has 1 aliphatic rings. The van der Waals surface area contributed by atoms with Gasteiger partial charge in [-0.05, 0) is 57.8 Å². The van der Waals surface area contributed by atoms with Gasteiger partial charge in [0, 0.05) is 46.3 Å². The van der Waals surface area contributed by atoms with Crippen LogP contribution in [0.1, 0.15) is 86.3 Å². The van der Waals surface area contributed by atoms with Gasteiger partial charge in [0.1, 0.15) is 20.4 Å². The molecule has 0 radical (unpaired) electrons. The molecular weight excluding hydrogens is 663 g/mol. The molecule has 0 aliphatic carbocycles. The molecule has 0 unspecified atom stereocenters. The second-order valence-corrected chi connectivity index (χ2v) is 9.81. The third-order valence-electron chi connectivity index (χ3n) is 5.16. The molecule has 1 heterocycles. The average molecular weight is 729 g/mol. The van der Waals surface area contributed by atoms with Crippen LogP contribution in [0.15, 0.2) is 36.5 Å². The van der Waals surface area contributed by atoms with Gasteiger partial charge in [0.05, 0.1) is 19.8 Å². The molecule has 0 aromatic rings. The summed E-state index contributed by atoms with van der Waals surface area (Å²) in [6.45, 7) is 9.02. The second kappa shape index (κ2) is 63.9. The summed E-state index contributed by atoms with van der Waals surface area (Å²) in [5.74, 6) is 1.50. The van der Waals surface area contributed by atoms with Crippen LogP contribution >= 0.6 is 23.2 Å². The van der Waals surface area contributed by atoms with E-state index in [1.54, 1.807) is 21.3 Å². The molecule has 0 N–H and O–H groups in total. The van der Waals surface area contributed by atoms with E-state index in [-0.39, 0.29) is 61.4 Å². The Balaban J connectivity index is -0.0000000731. The van der Waals surface area contributed by atoms with Gasteiger partial charge in [0.25, 0.3) is 0 Å². The summed E-state index contributed by atoms with van der Waals surface area (Å²) in [4.78, 5) is 0. The zero-order valence-electron chi connectivity index (χ0n) is 30.8. The van der Waals surface area contributed by atoms with Gasteiger partial charge in [-0.2, -0.15) is 6.42 Å². The van der Waals surface area contributed by atoms with Crippen LogP contribution in [0, 0.1) is 6.92 Å². The molecule has 7 nitrogen and oxygen atoms in total. The van der Waals surface area contributed by atoms with E-state index in [9.17, 15) is 0 Å². The van der Waals surface area contributed by atoms with Gasteiger partial charge in [-0.15, -0.1) is 29.3 Å². The Morgan fingerprint density at radius 1 is 0.578 bits per heavy atom. The average Bonchev–Trinajstić information content (AvgIpc) is 3.61. The van der Waals surface area contributed by atoms with Crippen molar-refractivity contribution in [3.8, 4) is 0 Å². The molecular formula is C33H65Cl3Mg2O7. The summed E-state index contributed by atoms with van der Waals surface area (Å²) in [5, 5.41) is 0. The monoisotopic (exact) mass is 726 g/mol. The number of rotatable bonds is 25. The molecule has 45 heavy (non-hydrogen) atoms. The Kier molecular flexibility index (Phi) is 83.2. The summed E-state index contributed by atoms with van der Waals surface area (Å²) in [5.41, 5.74) is 0. The van der Waals surface area contributed by atoms with E-state index in [4.69, 9.17) is 51.6 Å². The van der Waals surface area contributed by atoms with Gasteiger partial charge in [-0.25, -0.2) is 0 Å². The molecule has 1 aliphatic heterocycles. The van der Waals surface area contributed by atoms with Crippen molar-refractivity contribution in [2.24, 2.45) is 0 Å². The third kappa shape index (κ3) is 72.2. The topological polar surface area (TPSA) is 64.6 Å². The van der Waals surface area contributed by atoms with Crippen LogP contribution in [-0.4, -0.2) is 133 Å². The number of ether oxygens (including phenoxy) is 7. The van der Waals surface area contributed by atoms with Crippen molar-refractivity contribution >= 4 is 69.3 Å². The summed E-state index contributed by atoms with van der Waals surface area (Å²) < 4.78 is 34.4. The predicted octanol–water partition coefficient (Wildman–Crippen LogP) is 5.36. The minimum absolute atomic E-state index is 0.